The van der Waals surface area contributed by atoms with Gasteiger partial charge in [0.25, 0.3) is 0 Å². The maximum absolute atomic E-state index is 12.4. The molecular weight excluding hydrogens is 340 g/mol. The maximum Gasteiger partial charge on any atom is 0.226 e. The van der Waals surface area contributed by atoms with E-state index in [1.807, 2.05) is 12.1 Å². The minimum atomic E-state index is -0.146. The molecule has 1 N–H and O–H groups in total. The average Bonchev–Trinajstić information content (AvgIpc) is 3.05. The molecular formula is C13H11BrN4OS. The quantitative estimate of drug-likeness (QED) is 0.858. The molecule has 2 aromatic heterocycles. The monoisotopic (exact) mass is 350 g/mol. The normalized spacial score (nSPS) is 21.4. The Balaban J connectivity index is 1.92. The van der Waals surface area contributed by atoms with Crippen LogP contribution in [0.15, 0.2) is 33.5 Å². The summed E-state index contributed by atoms with van der Waals surface area (Å²) in [7, 11) is 0. The summed E-state index contributed by atoms with van der Waals surface area (Å²) in [5.74, 6) is 0.933. The fourth-order valence-corrected chi connectivity index (χ4v) is 4.35. The predicted molar refractivity (Wildman–Crippen MR) is 79.7 cm³/mol. The number of rotatable bonds is 1. The molecule has 0 aromatic carbocycles. The number of thiophene rings is 1. The van der Waals surface area contributed by atoms with E-state index in [1.165, 1.54) is 6.33 Å². The largest absolute Gasteiger partial charge is 0.328 e. The van der Waals surface area contributed by atoms with E-state index in [0.717, 1.165) is 32.8 Å². The molecule has 2 aromatic rings. The van der Waals surface area contributed by atoms with E-state index < -0.39 is 0 Å². The predicted octanol–water partition coefficient (Wildman–Crippen LogP) is 3.12. The van der Waals surface area contributed by atoms with Crippen LogP contribution in [0.4, 0.5) is 5.95 Å². The zero-order valence-corrected chi connectivity index (χ0v) is 12.9. The summed E-state index contributed by atoms with van der Waals surface area (Å²) in [5.41, 5.74) is 1.86. The Morgan fingerprint density at radius 2 is 2.30 bits per heavy atom. The van der Waals surface area contributed by atoms with Crippen LogP contribution >= 0.6 is 27.3 Å². The highest BCUT2D eigenvalue weighted by Crippen LogP contribution is 2.42. The van der Waals surface area contributed by atoms with Crippen molar-refractivity contribution in [3.63, 3.8) is 0 Å². The molecule has 3 heterocycles. The van der Waals surface area contributed by atoms with Gasteiger partial charge in [-0.05, 0) is 40.9 Å². The number of fused-ring (bicyclic) bond motifs is 1. The van der Waals surface area contributed by atoms with Gasteiger partial charge in [0, 0.05) is 22.6 Å². The molecule has 1 aliphatic heterocycles. The summed E-state index contributed by atoms with van der Waals surface area (Å²) >= 11 is 5.12. The third-order valence-corrected chi connectivity index (χ3v) is 5.35. The van der Waals surface area contributed by atoms with E-state index in [-0.39, 0.29) is 11.8 Å². The van der Waals surface area contributed by atoms with Gasteiger partial charge in [-0.1, -0.05) is 0 Å². The molecule has 0 radical (unpaired) electrons. The molecule has 0 fully saturated rings. The first-order chi connectivity index (χ1) is 9.74. The van der Waals surface area contributed by atoms with Crippen LogP contribution in [-0.4, -0.2) is 20.5 Å². The molecule has 4 rings (SSSR count). The molecule has 102 valence electrons. The lowest BCUT2D eigenvalue weighted by Gasteiger charge is -2.31. The van der Waals surface area contributed by atoms with Gasteiger partial charge in [0.15, 0.2) is 5.78 Å². The van der Waals surface area contributed by atoms with Crippen molar-refractivity contribution >= 4 is 39.0 Å². The Bertz CT molecular complexity index is 732. The molecule has 5 nitrogen and oxygen atoms in total. The molecule has 0 spiro atoms. The number of nitrogens with one attached hydrogen (secondary N) is 1. The maximum atomic E-state index is 12.4. The Hall–Kier alpha value is -1.47. The van der Waals surface area contributed by atoms with Crippen molar-refractivity contribution < 1.29 is 4.79 Å². The van der Waals surface area contributed by atoms with Crippen LogP contribution in [0.1, 0.15) is 30.2 Å². The minimum Gasteiger partial charge on any atom is -0.328 e. The van der Waals surface area contributed by atoms with Crippen molar-refractivity contribution in [1.29, 1.82) is 0 Å². The summed E-state index contributed by atoms with van der Waals surface area (Å²) in [6.45, 7) is 0. The number of nitrogens with zero attached hydrogens (tertiary/aromatic N) is 3. The summed E-state index contributed by atoms with van der Waals surface area (Å²) in [5, 5.41) is 7.55. The van der Waals surface area contributed by atoms with Gasteiger partial charge in [-0.15, -0.1) is 11.3 Å². The minimum absolute atomic E-state index is 0.146. The molecule has 0 saturated carbocycles. The molecule has 1 aliphatic carbocycles. The van der Waals surface area contributed by atoms with Gasteiger partial charge in [0.05, 0.1) is 3.79 Å². The van der Waals surface area contributed by atoms with E-state index in [1.54, 1.807) is 16.0 Å². The molecule has 7 heteroatoms. The average molecular weight is 351 g/mol. The Morgan fingerprint density at radius 1 is 1.40 bits per heavy atom. The van der Waals surface area contributed by atoms with Gasteiger partial charge in [-0.2, -0.15) is 10.1 Å². The van der Waals surface area contributed by atoms with Gasteiger partial charge < -0.3 is 5.32 Å². The highest BCUT2D eigenvalue weighted by molar-refractivity contribution is 9.11. The van der Waals surface area contributed by atoms with Gasteiger partial charge in [0.1, 0.15) is 12.4 Å². The van der Waals surface area contributed by atoms with Crippen molar-refractivity contribution in [3.05, 3.63) is 38.4 Å². The summed E-state index contributed by atoms with van der Waals surface area (Å²) in [4.78, 5) is 17.7. The summed E-state index contributed by atoms with van der Waals surface area (Å²) < 4.78 is 2.86. The molecule has 20 heavy (non-hydrogen) atoms. The number of Topliss-reactive ketones (excluding diaryl/α,β-unsaturated/α-hetero) is 1. The fourth-order valence-electron chi connectivity index (χ4n) is 2.83. The SMILES string of the molecule is O=C1CCCC2=C1[C@H](c1ccc(Br)s1)n1ncnc1N2. The second-order valence-corrected chi connectivity index (χ2v) is 7.36. The first-order valence-electron chi connectivity index (χ1n) is 6.42. The van der Waals surface area contributed by atoms with E-state index >= 15 is 0 Å². The van der Waals surface area contributed by atoms with Crippen LogP contribution in [0, 0.1) is 0 Å². The highest BCUT2D eigenvalue weighted by Gasteiger charge is 2.36. The van der Waals surface area contributed by atoms with Crippen molar-refractivity contribution in [3.8, 4) is 0 Å². The van der Waals surface area contributed by atoms with Crippen molar-refractivity contribution in [2.75, 3.05) is 5.32 Å². The Morgan fingerprint density at radius 3 is 3.10 bits per heavy atom. The van der Waals surface area contributed by atoms with Crippen LogP contribution in [0.2, 0.25) is 0 Å². The topological polar surface area (TPSA) is 59.8 Å². The number of carbonyl (C=O) groups excluding carboxylic acids is 1. The number of hydrogen-bond acceptors (Lipinski definition) is 5. The molecule has 0 saturated heterocycles. The van der Waals surface area contributed by atoms with Crippen LogP contribution in [0.3, 0.4) is 0 Å². The van der Waals surface area contributed by atoms with Gasteiger partial charge in [-0.25, -0.2) is 4.68 Å². The van der Waals surface area contributed by atoms with Crippen LogP contribution in [-0.2, 0) is 4.79 Å². The van der Waals surface area contributed by atoms with Crippen molar-refractivity contribution in [1.82, 2.24) is 14.8 Å². The molecule has 0 amide bonds. The van der Waals surface area contributed by atoms with E-state index in [4.69, 9.17) is 0 Å². The number of allylic oxidation sites excluding steroid dienone is 2. The Labute approximate surface area is 127 Å². The number of hydrogen-bond donors (Lipinski definition) is 1. The standard InChI is InChI=1S/C13H11BrN4OS/c14-10-5-4-9(20-10)12-11-7(2-1-3-8(11)19)17-13-15-6-16-18(12)13/h4-6,12H,1-3H2,(H,15,16,17)/t12-/m0/s1. The third-order valence-electron chi connectivity index (χ3n) is 3.67. The Kier molecular flexibility index (Phi) is 2.78. The zero-order chi connectivity index (χ0) is 13.7. The van der Waals surface area contributed by atoms with E-state index in [2.05, 4.69) is 31.3 Å². The first kappa shape index (κ1) is 12.3. The lowest BCUT2D eigenvalue weighted by atomic mass is 9.88. The molecule has 2 aliphatic rings. The third kappa shape index (κ3) is 1.76. The number of ketones is 1. The second kappa shape index (κ2) is 4.53. The molecule has 1 atom stereocenters. The lowest BCUT2D eigenvalue weighted by molar-refractivity contribution is -0.116. The first-order valence-corrected chi connectivity index (χ1v) is 8.03. The van der Waals surface area contributed by atoms with Gasteiger partial charge in [0.2, 0.25) is 5.95 Å². The van der Waals surface area contributed by atoms with E-state index in [9.17, 15) is 4.79 Å². The van der Waals surface area contributed by atoms with Crippen LogP contribution in [0.25, 0.3) is 0 Å². The highest BCUT2D eigenvalue weighted by atomic mass is 79.9. The van der Waals surface area contributed by atoms with Crippen molar-refractivity contribution in [2.45, 2.75) is 25.3 Å². The van der Waals surface area contributed by atoms with E-state index in [0.29, 0.717) is 12.4 Å². The fraction of sp³-hybridized carbons (Fsp3) is 0.308. The number of carbonyl (C=O) groups is 1. The second-order valence-electron chi connectivity index (χ2n) is 4.87. The number of anilines is 1. The number of aromatic nitrogens is 3. The van der Waals surface area contributed by atoms with Crippen LogP contribution < -0.4 is 5.32 Å². The van der Waals surface area contributed by atoms with Gasteiger partial charge >= 0.3 is 0 Å². The zero-order valence-electron chi connectivity index (χ0n) is 10.5. The summed E-state index contributed by atoms with van der Waals surface area (Å²) in [6, 6.07) is 3.90. The van der Waals surface area contributed by atoms with Crippen molar-refractivity contribution in [2.24, 2.45) is 0 Å². The number of halogens is 1. The van der Waals surface area contributed by atoms with Crippen LogP contribution in [0.5, 0.6) is 0 Å². The molecule has 0 bridgehead atoms. The summed E-state index contributed by atoms with van der Waals surface area (Å²) in [6.07, 6.45) is 3.95. The van der Waals surface area contributed by atoms with Gasteiger partial charge in [-0.3, -0.25) is 4.79 Å². The molecule has 0 unspecified atom stereocenters. The smallest absolute Gasteiger partial charge is 0.226 e. The lowest BCUT2D eigenvalue weighted by Crippen LogP contribution is -2.31.